The summed E-state index contributed by atoms with van der Waals surface area (Å²) < 4.78 is 28.7. The zero-order valence-electron chi connectivity index (χ0n) is 13.3. The van der Waals surface area contributed by atoms with Gasteiger partial charge in [0, 0.05) is 26.4 Å². The summed E-state index contributed by atoms with van der Waals surface area (Å²) in [4.78, 5) is 0. The van der Waals surface area contributed by atoms with Crippen molar-refractivity contribution in [3.05, 3.63) is 12.3 Å². The van der Waals surface area contributed by atoms with Crippen LogP contribution in [0.5, 0.6) is 0 Å². The SMILES string of the molecule is CN(c1ccn(C)n1)S(=O)(=O)CC12CCC(CC1)C2(C)C. The van der Waals surface area contributed by atoms with Gasteiger partial charge in [-0.25, -0.2) is 8.42 Å². The highest BCUT2D eigenvalue weighted by atomic mass is 32.2. The molecule has 118 valence electrons. The molecule has 1 aromatic heterocycles. The molecule has 2 aliphatic rings. The fourth-order valence-corrected chi connectivity index (χ4v) is 6.39. The molecule has 3 rings (SSSR count). The van der Waals surface area contributed by atoms with Crippen LogP contribution >= 0.6 is 0 Å². The molecule has 0 spiro atoms. The Balaban J connectivity index is 1.87. The van der Waals surface area contributed by atoms with Crippen LogP contribution in [0, 0.1) is 16.7 Å². The summed E-state index contributed by atoms with van der Waals surface area (Å²) in [5.41, 5.74) is 0.0740. The molecule has 2 fully saturated rings. The molecule has 1 heterocycles. The lowest BCUT2D eigenvalue weighted by atomic mass is 9.71. The molecule has 0 saturated heterocycles. The monoisotopic (exact) mass is 311 g/mol. The van der Waals surface area contributed by atoms with Crippen molar-refractivity contribution >= 4 is 15.8 Å². The second-order valence-corrected chi connectivity index (χ2v) is 9.35. The normalized spacial score (nSPS) is 30.8. The van der Waals surface area contributed by atoms with Gasteiger partial charge in [-0.05, 0) is 42.4 Å². The zero-order chi connectivity index (χ0) is 15.5. The van der Waals surface area contributed by atoms with Crippen molar-refractivity contribution in [1.82, 2.24) is 9.78 Å². The standard InChI is InChI=1S/C15H25N3O2S/c1-14(2)12-5-8-15(14,9-6-12)11-21(19,20)18(4)13-7-10-17(3)16-13/h7,10,12H,5-6,8-9,11H2,1-4H3. The lowest BCUT2D eigenvalue weighted by molar-refractivity contribution is 0.155. The van der Waals surface area contributed by atoms with Gasteiger partial charge in [0.05, 0.1) is 5.75 Å². The van der Waals surface area contributed by atoms with Gasteiger partial charge in [-0.15, -0.1) is 0 Å². The maximum Gasteiger partial charge on any atom is 0.236 e. The maximum absolute atomic E-state index is 12.8. The van der Waals surface area contributed by atoms with E-state index < -0.39 is 10.0 Å². The first-order valence-electron chi connectivity index (χ1n) is 7.64. The predicted molar refractivity (Wildman–Crippen MR) is 83.6 cm³/mol. The number of nitrogens with zero attached hydrogens (tertiary/aromatic N) is 3. The molecule has 0 radical (unpaired) electrons. The molecule has 6 heteroatoms. The molecule has 2 aliphatic carbocycles. The van der Waals surface area contributed by atoms with E-state index in [1.165, 1.54) is 17.1 Å². The molecule has 0 amide bonds. The number of aryl methyl sites for hydroxylation is 1. The first-order valence-corrected chi connectivity index (χ1v) is 9.25. The van der Waals surface area contributed by atoms with E-state index in [2.05, 4.69) is 18.9 Å². The average Bonchev–Trinajstić information content (AvgIpc) is 2.99. The smallest absolute Gasteiger partial charge is 0.236 e. The van der Waals surface area contributed by atoms with Gasteiger partial charge in [0.1, 0.15) is 0 Å². The molecule has 0 unspecified atom stereocenters. The minimum absolute atomic E-state index is 0.0560. The first-order chi connectivity index (χ1) is 9.68. The third-order valence-electron chi connectivity index (χ3n) is 6.23. The van der Waals surface area contributed by atoms with Gasteiger partial charge in [-0.3, -0.25) is 8.99 Å². The van der Waals surface area contributed by atoms with Crippen LogP contribution in [-0.4, -0.2) is 31.0 Å². The highest BCUT2D eigenvalue weighted by Crippen LogP contribution is 2.66. The Morgan fingerprint density at radius 3 is 2.43 bits per heavy atom. The number of fused-ring (bicyclic) bond motifs is 2. The minimum atomic E-state index is -3.34. The summed E-state index contributed by atoms with van der Waals surface area (Å²) >= 11 is 0. The zero-order valence-corrected chi connectivity index (χ0v) is 14.2. The molecule has 0 N–H and O–H groups in total. The van der Waals surface area contributed by atoms with E-state index in [-0.39, 0.29) is 16.6 Å². The largest absolute Gasteiger partial charge is 0.274 e. The molecule has 5 nitrogen and oxygen atoms in total. The second-order valence-electron chi connectivity index (χ2n) is 7.35. The first kappa shape index (κ1) is 14.9. The Labute approximate surface area is 127 Å². The van der Waals surface area contributed by atoms with Crippen LogP contribution in [-0.2, 0) is 17.1 Å². The van der Waals surface area contributed by atoms with Crippen LogP contribution < -0.4 is 4.31 Å². The van der Waals surface area contributed by atoms with Crippen molar-refractivity contribution in [2.24, 2.45) is 23.8 Å². The van der Waals surface area contributed by atoms with Crippen molar-refractivity contribution in [3.63, 3.8) is 0 Å². The quantitative estimate of drug-likeness (QED) is 0.858. The average molecular weight is 311 g/mol. The van der Waals surface area contributed by atoms with E-state index >= 15 is 0 Å². The van der Waals surface area contributed by atoms with Gasteiger partial charge in [-0.1, -0.05) is 13.8 Å². The molecular formula is C15H25N3O2S. The molecule has 0 aromatic carbocycles. The Hall–Kier alpha value is -1.04. The third-order valence-corrected chi connectivity index (χ3v) is 8.17. The minimum Gasteiger partial charge on any atom is -0.274 e. The number of anilines is 1. The molecule has 2 bridgehead atoms. The Kier molecular flexibility index (Phi) is 3.17. The lowest BCUT2D eigenvalue weighted by Gasteiger charge is -2.38. The van der Waals surface area contributed by atoms with E-state index in [1.807, 2.05) is 0 Å². The van der Waals surface area contributed by atoms with Gasteiger partial charge in [0.2, 0.25) is 10.0 Å². The van der Waals surface area contributed by atoms with E-state index in [0.29, 0.717) is 11.7 Å². The van der Waals surface area contributed by atoms with Gasteiger partial charge in [0.25, 0.3) is 0 Å². The van der Waals surface area contributed by atoms with Crippen LogP contribution in [0.2, 0.25) is 0 Å². The number of sulfonamides is 1. The maximum atomic E-state index is 12.8. The molecule has 0 aliphatic heterocycles. The van der Waals surface area contributed by atoms with Crippen LogP contribution in [0.15, 0.2) is 12.3 Å². The molecule has 1 aromatic rings. The highest BCUT2D eigenvalue weighted by Gasteiger charge is 2.60. The lowest BCUT2D eigenvalue weighted by Crippen LogP contribution is -2.42. The van der Waals surface area contributed by atoms with Gasteiger partial charge in [0.15, 0.2) is 5.82 Å². The van der Waals surface area contributed by atoms with Crippen LogP contribution in [0.25, 0.3) is 0 Å². The van der Waals surface area contributed by atoms with Gasteiger partial charge < -0.3 is 0 Å². The number of hydrogen-bond acceptors (Lipinski definition) is 3. The van der Waals surface area contributed by atoms with Crippen molar-refractivity contribution in [1.29, 1.82) is 0 Å². The fourth-order valence-electron chi connectivity index (χ4n) is 4.46. The van der Waals surface area contributed by atoms with Crippen molar-refractivity contribution in [2.75, 3.05) is 17.1 Å². The van der Waals surface area contributed by atoms with E-state index in [1.54, 1.807) is 31.0 Å². The summed E-state index contributed by atoms with van der Waals surface area (Å²) in [7, 11) is 0.0689. The topological polar surface area (TPSA) is 55.2 Å². The fraction of sp³-hybridized carbons (Fsp3) is 0.800. The van der Waals surface area contributed by atoms with Crippen LogP contribution in [0.1, 0.15) is 39.5 Å². The molecular weight excluding hydrogens is 286 g/mol. The number of rotatable bonds is 4. The summed E-state index contributed by atoms with van der Waals surface area (Å²) in [5, 5.41) is 4.21. The van der Waals surface area contributed by atoms with E-state index in [0.717, 1.165) is 12.8 Å². The molecule has 21 heavy (non-hydrogen) atoms. The summed E-state index contributed by atoms with van der Waals surface area (Å²) in [6, 6.07) is 1.74. The van der Waals surface area contributed by atoms with Gasteiger partial charge >= 0.3 is 0 Å². The van der Waals surface area contributed by atoms with Crippen molar-refractivity contribution < 1.29 is 8.42 Å². The summed E-state index contributed by atoms with van der Waals surface area (Å²) in [6.07, 6.45) is 6.20. The number of hydrogen-bond donors (Lipinski definition) is 0. The second kappa shape index (κ2) is 4.48. The highest BCUT2D eigenvalue weighted by molar-refractivity contribution is 7.92. The van der Waals surface area contributed by atoms with Gasteiger partial charge in [-0.2, -0.15) is 5.10 Å². The van der Waals surface area contributed by atoms with Crippen LogP contribution in [0.3, 0.4) is 0 Å². The Bertz CT molecular complexity index is 640. The summed E-state index contributed by atoms with van der Waals surface area (Å²) in [6.45, 7) is 4.52. The third kappa shape index (κ3) is 2.10. The van der Waals surface area contributed by atoms with Crippen LogP contribution in [0.4, 0.5) is 5.82 Å². The van der Waals surface area contributed by atoms with E-state index in [9.17, 15) is 8.42 Å². The molecule has 2 saturated carbocycles. The van der Waals surface area contributed by atoms with Crippen molar-refractivity contribution in [2.45, 2.75) is 39.5 Å². The summed E-state index contributed by atoms with van der Waals surface area (Å²) in [5.74, 6) is 1.43. The van der Waals surface area contributed by atoms with Crippen molar-refractivity contribution in [3.8, 4) is 0 Å². The van der Waals surface area contributed by atoms with E-state index in [4.69, 9.17) is 0 Å². The Morgan fingerprint density at radius 2 is 2.00 bits per heavy atom. The Morgan fingerprint density at radius 1 is 1.38 bits per heavy atom. The number of aromatic nitrogens is 2. The molecule has 0 atom stereocenters. The predicted octanol–water partition coefficient (Wildman–Crippen LogP) is 2.40.